The summed E-state index contributed by atoms with van der Waals surface area (Å²) in [6.45, 7) is 0.698. The van der Waals surface area contributed by atoms with Crippen LogP contribution in [0, 0.1) is 11.3 Å². The van der Waals surface area contributed by atoms with Gasteiger partial charge in [-0.1, -0.05) is 23.4 Å². The van der Waals surface area contributed by atoms with E-state index in [9.17, 15) is 0 Å². The van der Waals surface area contributed by atoms with Gasteiger partial charge in [0.25, 0.3) is 0 Å². The zero-order chi connectivity index (χ0) is 12.3. The molecule has 0 N–H and O–H groups in total. The molecule has 0 saturated carbocycles. The van der Waals surface area contributed by atoms with Crippen LogP contribution >= 0.6 is 0 Å². The summed E-state index contributed by atoms with van der Waals surface area (Å²) < 4.78 is 5.18. The number of fused-ring (bicyclic) bond motifs is 1. The number of hydrogen-bond acceptors (Lipinski definition) is 4. The molecule has 2 aromatic rings. The van der Waals surface area contributed by atoms with Gasteiger partial charge in [0.15, 0.2) is 5.58 Å². The van der Waals surface area contributed by atoms with E-state index >= 15 is 0 Å². The number of para-hydroxylation sites is 1. The van der Waals surface area contributed by atoms with Crippen LogP contribution in [-0.4, -0.2) is 30.7 Å². The van der Waals surface area contributed by atoms with Crippen LogP contribution in [0.1, 0.15) is 5.69 Å². The topological polar surface area (TPSA) is 53.1 Å². The Bertz CT molecular complexity index is 590. The molecule has 1 aromatic heterocycles. The summed E-state index contributed by atoms with van der Waals surface area (Å²) in [4.78, 5) is 1.99. The van der Waals surface area contributed by atoms with Crippen LogP contribution in [0.5, 0.6) is 0 Å². The second-order valence-corrected chi connectivity index (χ2v) is 4.02. The first-order valence-corrected chi connectivity index (χ1v) is 5.32. The van der Waals surface area contributed by atoms with Gasteiger partial charge in [-0.25, -0.2) is 0 Å². The van der Waals surface area contributed by atoms with Crippen LogP contribution in [0.4, 0.5) is 0 Å². The van der Waals surface area contributed by atoms with E-state index in [0.717, 1.165) is 5.39 Å². The average molecular weight is 227 g/mol. The van der Waals surface area contributed by atoms with Crippen molar-refractivity contribution >= 4 is 16.5 Å². The quantitative estimate of drug-likeness (QED) is 0.755. The lowest BCUT2D eigenvalue weighted by molar-refractivity contribution is 0.451. The van der Waals surface area contributed by atoms with E-state index in [-0.39, 0.29) is 0 Å². The van der Waals surface area contributed by atoms with Gasteiger partial charge in [0.05, 0.1) is 11.0 Å². The Balaban J connectivity index is 2.45. The standard InChI is InChI=1S/C13H13N3O/c1-16(2)8-7-10(9-14)13-11-5-3-4-6-12(11)17-15-13/h3-7H,8H2,1-2H3/b10-7-. The number of aromatic nitrogens is 1. The average Bonchev–Trinajstić information content (AvgIpc) is 2.74. The molecule has 0 aliphatic heterocycles. The normalized spacial score (nSPS) is 12.0. The van der Waals surface area contributed by atoms with Crippen LogP contribution in [0.15, 0.2) is 34.9 Å². The Morgan fingerprint density at radius 2 is 2.24 bits per heavy atom. The van der Waals surface area contributed by atoms with Crippen LogP contribution in [-0.2, 0) is 0 Å². The van der Waals surface area contributed by atoms with E-state index in [0.29, 0.717) is 23.4 Å². The predicted molar refractivity (Wildman–Crippen MR) is 66.2 cm³/mol. The van der Waals surface area contributed by atoms with Crippen molar-refractivity contribution in [3.05, 3.63) is 36.0 Å². The first-order chi connectivity index (χ1) is 8.22. The molecule has 0 unspecified atom stereocenters. The van der Waals surface area contributed by atoms with E-state index in [1.165, 1.54) is 0 Å². The minimum absolute atomic E-state index is 0.545. The molecule has 0 spiro atoms. The van der Waals surface area contributed by atoms with E-state index in [2.05, 4.69) is 11.2 Å². The van der Waals surface area contributed by atoms with Crippen molar-refractivity contribution in [2.75, 3.05) is 20.6 Å². The molecule has 4 heteroatoms. The lowest BCUT2D eigenvalue weighted by Gasteiger charge is -2.04. The molecule has 17 heavy (non-hydrogen) atoms. The molecule has 0 fully saturated rings. The van der Waals surface area contributed by atoms with Crippen molar-refractivity contribution in [2.45, 2.75) is 0 Å². The molecule has 86 valence electrons. The molecule has 2 rings (SSSR count). The van der Waals surface area contributed by atoms with Crippen molar-refractivity contribution in [3.8, 4) is 6.07 Å². The molecule has 0 saturated heterocycles. The summed E-state index contributed by atoms with van der Waals surface area (Å²) >= 11 is 0. The Hall–Kier alpha value is -2.12. The Labute approximate surface area is 99.7 Å². The van der Waals surface area contributed by atoms with E-state index < -0.39 is 0 Å². The summed E-state index contributed by atoms with van der Waals surface area (Å²) in [5.41, 5.74) is 1.86. The van der Waals surface area contributed by atoms with Gasteiger partial charge in [-0.05, 0) is 26.2 Å². The maximum Gasteiger partial charge on any atom is 0.167 e. The molecule has 0 aliphatic rings. The minimum atomic E-state index is 0.545. The second-order valence-electron chi connectivity index (χ2n) is 4.02. The molecular weight excluding hydrogens is 214 g/mol. The molecular formula is C13H13N3O. The van der Waals surface area contributed by atoms with Crippen molar-refractivity contribution in [3.63, 3.8) is 0 Å². The second kappa shape index (κ2) is 4.81. The van der Waals surface area contributed by atoms with Crippen LogP contribution in [0.3, 0.4) is 0 Å². The van der Waals surface area contributed by atoms with Crippen molar-refractivity contribution in [1.82, 2.24) is 10.1 Å². The smallest absolute Gasteiger partial charge is 0.167 e. The zero-order valence-corrected chi connectivity index (χ0v) is 9.84. The van der Waals surface area contributed by atoms with Crippen molar-refractivity contribution in [2.24, 2.45) is 0 Å². The number of likely N-dealkylation sites (N-methyl/N-ethyl adjacent to an activating group) is 1. The van der Waals surface area contributed by atoms with E-state index in [1.54, 1.807) is 0 Å². The van der Waals surface area contributed by atoms with Crippen LogP contribution in [0.25, 0.3) is 16.5 Å². The highest BCUT2D eigenvalue weighted by molar-refractivity contribution is 5.92. The fraction of sp³-hybridized carbons (Fsp3) is 0.231. The summed E-state index contributed by atoms with van der Waals surface area (Å²) in [5.74, 6) is 0. The molecule has 1 heterocycles. The minimum Gasteiger partial charge on any atom is -0.356 e. The molecule has 0 atom stereocenters. The first kappa shape index (κ1) is 11.4. The highest BCUT2D eigenvalue weighted by atomic mass is 16.5. The third-order valence-corrected chi connectivity index (χ3v) is 2.41. The van der Waals surface area contributed by atoms with Gasteiger partial charge in [-0.2, -0.15) is 5.26 Å². The van der Waals surface area contributed by atoms with Crippen molar-refractivity contribution in [1.29, 1.82) is 5.26 Å². The molecule has 0 radical (unpaired) electrons. The summed E-state index contributed by atoms with van der Waals surface area (Å²) in [6, 6.07) is 9.70. The van der Waals surface area contributed by atoms with Gasteiger partial charge >= 0.3 is 0 Å². The lowest BCUT2D eigenvalue weighted by atomic mass is 10.1. The molecule has 0 aliphatic carbocycles. The highest BCUT2D eigenvalue weighted by Gasteiger charge is 2.11. The summed E-state index contributed by atoms with van der Waals surface area (Å²) in [7, 11) is 3.90. The molecule has 4 nitrogen and oxygen atoms in total. The summed E-state index contributed by atoms with van der Waals surface area (Å²) in [6.07, 6.45) is 1.85. The fourth-order valence-corrected chi connectivity index (χ4v) is 1.55. The molecule has 0 bridgehead atoms. The molecule has 0 amide bonds. The van der Waals surface area contributed by atoms with Gasteiger partial charge in [-0.3, -0.25) is 0 Å². The number of rotatable bonds is 3. The Kier molecular flexibility index (Phi) is 3.22. The van der Waals surface area contributed by atoms with Gasteiger partial charge in [0, 0.05) is 6.54 Å². The number of nitriles is 1. The van der Waals surface area contributed by atoms with Crippen LogP contribution < -0.4 is 0 Å². The van der Waals surface area contributed by atoms with Gasteiger partial charge in [0.2, 0.25) is 0 Å². The van der Waals surface area contributed by atoms with Gasteiger partial charge in [-0.15, -0.1) is 0 Å². The number of benzene rings is 1. The first-order valence-electron chi connectivity index (χ1n) is 5.32. The highest BCUT2D eigenvalue weighted by Crippen LogP contribution is 2.23. The maximum absolute atomic E-state index is 9.15. The van der Waals surface area contributed by atoms with E-state index in [4.69, 9.17) is 9.78 Å². The summed E-state index contributed by atoms with van der Waals surface area (Å²) in [5, 5.41) is 14.0. The van der Waals surface area contributed by atoms with Crippen molar-refractivity contribution < 1.29 is 4.52 Å². The Morgan fingerprint density at radius 1 is 1.47 bits per heavy atom. The zero-order valence-electron chi connectivity index (χ0n) is 9.84. The Morgan fingerprint density at radius 3 is 2.94 bits per heavy atom. The van der Waals surface area contributed by atoms with Gasteiger partial charge in [0.1, 0.15) is 11.8 Å². The number of nitrogens with zero attached hydrogens (tertiary/aromatic N) is 3. The third kappa shape index (κ3) is 2.35. The largest absolute Gasteiger partial charge is 0.356 e. The number of allylic oxidation sites excluding steroid dienone is 1. The van der Waals surface area contributed by atoms with Gasteiger partial charge < -0.3 is 9.42 Å². The predicted octanol–water partition coefficient (Wildman–Crippen LogP) is 2.30. The van der Waals surface area contributed by atoms with E-state index in [1.807, 2.05) is 49.3 Å². The van der Waals surface area contributed by atoms with Crippen LogP contribution in [0.2, 0.25) is 0 Å². The molecule has 1 aromatic carbocycles. The fourth-order valence-electron chi connectivity index (χ4n) is 1.55. The monoisotopic (exact) mass is 227 g/mol. The SMILES string of the molecule is CN(C)C/C=C(/C#N)c1noc2ccccc12. The third-order valence-electron chi connectivity index (χ3n) is 2.41. The number of hydrogen-bond donors (Lipinski definition) is 0. The maximum atomic E-state index is 9.15. The lowest BCUT2D eigenvalue weighted by Crippen LogP contribution is -2.11.